The van der Waals surface area contributed by atoms with Crippen molar-refractivity contribution in [1.82, 2.24) is 23.7 Å². The minimum atomic E-state index is 0.652. The molecular formula is C130H83N5S3. The van der Waals surface area contributed by atoms with Gasteiger partial charge in [-0.25, -0.2) is 9.97 Å². The van der Waals surface area contributed by atoms with E-state index < -0.39 is 0 Å². The van der Waals surface area contributed by atoms with Crippen LogP contribution >= 0.6 is 34.0 Å². The summed E-state index contributed by atoms with van der Waals surface area (Å²) in [4.78, 5) is 10.5. The van der Waals surface area contributed by atoms with Crippen LogP contribution in [0.25, 0.3) is 255 Å². The van der Waals surface area contributed by atoms with Crippen LogP contribution in [0.15, 0.2) is 504 Å². The van der Waals surface area contributed by atoms with E-state index in [0.29, 0.717) is 5.95 Å². The van der Waals surface area contributed by atoms with E-state index in [-0.39, 0.29) is 0 Å². The van der Waals surface area contributed by atoms with Crippen molar-refractivity contribution in [3.63, 3.8) is 0 Å². The molecule has 0 aliphatic rings. The van der Waals surface area contributed by atoms with Crippen molar-refractivity contribution in [2.45, 2.75) is 0 Å². The number of benzene rings is 21. The Morgan fingerprint density at radius 3 is 0.833 bits per heavy atom. The fourth-order valence-corrected chi connectivity index (χ4v) is 24.4. The summed E-state index contributed by atoms with van der Waals surface area (Å²) in [7, 11) is 0. The van der Waals surface area contributed by atoms with Gasteiger partial charge in [-0.3, -0.25) is 4.57 Å². The van der Waals surface area contributed by atoms with Gasteiger partial charge in [0.1, 0.15) is 0 Å². The van der Waals surface area contributed by atoms with E-state index in [1.807, 2.05) is 46.1 Å². The Hall–Kier alpha value is -17.2. The number of hydrogen-bond acceptors (Lipinski definition) is 5. The van der Waals surface area contributed by atoms with E-state index in [1.165, 1.54) is 204 Å². The molecule has 7 aromatic heterocycles. The Balaban J connectivity index is 0.000000107. The molecular weight excluding hydrogens is 1730 g/mol. The lowest BCUT2D eigenvalue weighted by atomic mass is 9.98. The number of para-hydroxylation sites is 3. The van der Waals surface area contributed by atoms with E-state index in [4.69, 9.17) is 9.97 Å². The van der Waals surface area contributed by atoms with Crippen molar-refractivity contribution in [3.8, 4) is 129 Å². The molecule has 7 heterocycles. The zero-order chi connectivity index (χ0) is 91.1. The molecule has 0 amide bonds. The molecule has 0 bridgehead atoms. The summed E-state index contributed by atoms with van der Waals surface area (Å²) in [6.07, 6.45) is 0. The van der Waals surface area contributed by atoms with Gasteiger partial charge in [0.2, 0.25) is 5.95 Å². The summed E-state index contributed by atoms with van der Waals surface area (Å²) in [5.41, 5.74) is 32.9. The quantitative estimate of drug-likeness (QED) is 0.115. The number of hydrogen-bond donors (Lipinski definition) is 0. The molecule has 0 N–H and O–H groups in total. The zero-order valence-electron chi connectivity index (χ0n) is 74.9. The van der Waals surface area contributed by atoms with Crippen LogP contribution in [-0.4, -0.2) is 23.7 Å². The van der Waals surface area contributed by atoms with Crippen molar-refractivity contribution in [2.75, 3.05) is 0 Å². The predicted molar refractivity (Wildman–Crippen MR) is 591 cm³/mol. The Morgan fingerprint density at radius 2 is 0.406 bits per heavy atom. The maximum Gasteiger partial charge on any atom is 0.235 e. The van der Waals surface area contributed by atoms with Crippen molar-refractivity contribution in [2.24, 2.45) is 0 Å². The Morgan fingerprint density at radius 1 is 0.145 bits per heavy atom. The van der Waals surface area contributed by atoms with Gasteiger partial charge in [-0.15, -0.1) is 34.0 Å². The normalized spacial score (nSPS) is 11.6. The lowest BCUT2D eigenvalue weighted by molar-refractivity contribution is 0.995. The van der Waals surface area contributed by atoms with E-state index >= 15 is 0 Å². The van der Waals surface area contributed by atoms with Crippen molar-refractivity contribution < 1.29 is 0 Å². The monoisotopic (exact) mass is 1810 g/mol. The zero-order valence-corrected chi connectivity index (χ0v) is 77.3. The summed E-state index contributed by atoms with van der Waals surface area (Å²) in [5, 5.41) is 15.4. The maximum absolute atomic E-state index is 5.27. The molecule has 28 aromatic rings. The van der Waals surface area contributed by atoms with Crippen LogP contribution in [0.3, 0.4) is 0 Å². The summed E-state index contributed by atoms with van der Waals surface area (Å²) in [6, 6.07) is 182. The van der Waals surface area contributed by atoms with Crippen molar-refractivity contribution in [1.29, 1.82) is 0 Å². The third-order valence-corrected chi connectivity index (χ3v) is 30.9. The van der Waals surface area contributed by atoms with Crippen LogP contribution in [0.5, 0.6) is 0 Å². The molecule has 138 heavy (non-hydrogen) atoms. The number of rotatable bonds is 13. The summed E-state index contributed by atoms with van der Waals surface area (Å²) >= 11 is 5.64. The fraction of sp³-hybridized carbons (Fsp3) is 0. The first-order chi connectivity index (χ1) is 68.4. The standard InChI is InChI=1S/C46H29N3S.2C42H27NS/c1-3-12-30(13-4-1)31-22-24-33(25-23-31)41-29-40(32-14-5-2-6-15-32)47-46(48-41)49-42-20-9-7-16-36(42)39-28-34(26-27-43(39)49)35-18-11-19-38-37-17-8-10-21-44(37)50-45(35)38;1-3-12-28(13-4-1)31-24-32(29-14-5-2-6-15-29)26-33(25-31)43-39-20-9-7-16-35(39)38-27-30(22-23-40(38)43)34-18-11-19-37-36-17-8-10-21-41(36)44-42(34)37;1-2-11-28(12-3-1)29-13-8-14-30(25-29)31-15-9-16-33(26-31)43-39-21-6-4-17-35(39)38-27-32(23-24-40(38)43)34-19-10-20-37-36-18-5-7-22-41(36)44-42(34)37/h1-29H;2*1-27H. The van der Waals surface area contributed by atoms with Crippen LogP contribution in [0.2, 0.25) is 0 Å². The minimum Gasteiger partial charge on any atom is -0.309 e. The molecule has 0 radical (unpaired) electrons. The highest BCUT2D eigenvalue weighted by Gasteiger charge is 2.24. The van der Waals surface area contributed by atoms with Gasteiger partial charge in [-0.05, 0) is 204 Å². The lowest BCUT2D eigenvalue weighted by Gasteiger charge is -2.14. The lowest BCUT2D eigenvalue weighted by Crippen LogP contribution is -2.04. The fourth-order valence-electron chi connectivity index (χ4n) is 20.7. The molecule has 5 nitrogen and oxygen atoms in total. The molecule has 646 valence electrons. The van der Waals surface area contributed by atoms with Crippen LogP contribution in [0.4, 0.5) is 0 Å². The molecule has 0 aliphatic heterocycles. The average Bonchev–Trinajstić information content (AvgIpc) is 1.58. The maximum atomic E-state index is 5.27. The van der Waals surface area contributed by atoms with Crippen molar-refractivity contribution in [3.05, 3.63) is 504 Å². The van der Waals surface area contributed by atoms with E-state index in [0.717, 1.165) is 44.9 Å². The van der Waals surface area contributed by atoms with Gasteiger partial charge in [0.05, 0.1) is 44.5 Å². The molecule has 0 saturated heterocycles. The van der Waals surface area contributed by atoms with Crippen LogP contribution in [0, 0.1) is 0 Å². The largest absolute Gasteiger partial charge is 0.309 e. The second-order valence-corrected chi connectivity index (χ2v) is 38.5. The highest BCUT2D eigenvalue weighted by atomic mass is 32.1. The van der Waals surface area contributed by atoms with Gasteiger partial charge in [-0.1, -0.05) is 388 Å². The third-order valence-electron chi connectivity index (χ3n) is 27.2. The van der Waals surface area contributed by atoms with Gasteiger partial charge in [0, 0.05) is 115 Å². The molecule has 28 rings (SSSR count). The van der Waals surface area contributed by atoms with Gasteiger partial charge in [0.25, 0.3) is 0 Å². The first-order valence-corrected chi connectivity index (χ1v) is 49.3. The van der Waals surface area contributed by atoms with Gasteiger partial charge in [0.15, 0.2) is 0 Å². The minimum absolute atomic E-state index is 0.652. The Labute approximate surface area is 809 Å². The average molecular weight is 1810 g/mol. The number of fused-ring (bicyclic) bond motifs is 18. The number of nitrogens with zero attached hydrogens (tertiary/aromatic N) is 5. The second kappa shape index (κ2) is 34.7. The molecule has 0 aliphatic carbocycles. The third kappa shape index (κ3) is 14.6. The topological polar surface area (TPSA) is 40.6 Å². The number of aromatic nitrogens is 5. The van der Waals surface area contributed by atoms with Gasteiger partial charge < -0.3 is 9.13 Å². The van der Waals surface area contributed by atoms with E-state index in [1.54, 1.807) is 0 Å². The first-order valence-electron chi connectivity index (χ1n) is 46.9. The highest BCUT2D eigenvalue weighted by molar-refractivity contribution is 7.27. The molecule has 0 fully saturated rings. The van der Waals surface area contributed by atoms with Gasteiger partial charge >= 0.3 is 0 Å². The summed E-state index contributed by atoms with van der Waals surface area (Å²) < 4.78 is 15.1. The Kier molecular flexibility index (Phi) is 20.5. The predicted octanol–water partition coefficient (Wildman–Crippen LogP) is 36.9. The highest BCUT2D eigenvalue weighted by Crippen LogP contribution is 2.48. The van der Waals surface area contributed by atoms with Crippen LogP contribution in [0.1, 0.15) is 0 Å². The van der Waals surface area contributed by atoms with E-state index in [2.05, 4.69) is 505 Å². The Bertz CT molecular complexity index is 9520. The summed E-state index contributed by atoms with van der Waals surface area (Å²) in [5.74, 6) is 0.652. The summed E-state index contributed by atoms with van der Waals surface area (Å²) in [6.45, 7) is 0. The van der Waals surface area contributed by atoms with Crippen LogP contribution in [-0.2, 0) is 0 Å². The van der Waals surface area contributed by atoms with Crippen LogP contribution < -0.4 is 0 Å². The SMILES string of the molecule is c1ccc(-c2cc(-c3ccccc3)cc(-n3c4ccccc4c4cc(-c5cccc6c5sc5ccccc56)ccc43)c2)cc1.c1ccc(-c2ccc(-c3cc(-c4ccccc4)nc(-n4c5ccccc5c5cc(-c6cccc7c6sc6ccccc67)ccc54)n3)cc2)cc1.c1ccc(-c2cccc(-c3cccc(-n4c5ccccc5c5cc(-c6cccc7c6sc6ccccc67)ccc54)c3)c2)cc1. The first kappa shape index (κ1) is 81.5. The van der Waals surface area contributed by atoms with Crippen molar-refractivity contribution >= 4 is 160 Å². The number of thiophene rings is 3. The molecule has 0 atom stereocenters. The molecule has 0 saturated carbocycles. The smallest absolute Gasteiger partial charge is 0.235 e. The molecule has 0 spiro atoms. The van der Waals surface area contributed by atoms with Gasteiger partial charge in [-0.2, -0.15) is 0 Å². The second-order valence-electron chi connectivity index (χ2n) is 35.3. The molecule has 21 aromatic carbocycles. The molecule has 8 heteroatoms. The molecule has 0 unspecified atom stereocenters. The van der Waals surface area contributed by atoms with E-state index in [9.17, 15) is 0 Å².